The summed E-state index contributed by atoms with van der Waals surface area (Å²) < 4.78 is 12.2. The van der Waals surface area contributed by atoms with Crippen LogP contribution < -0.4 is 0 Å². The molecule has 3 fully saturated rings. The van der Waals surface area contributed by atoms with E-state index >= 15 is 0 Å². The molecule has 2 aliphatic carbocycles. The molecule has 3 aliphatic rings. The lowest BCUT2D eigenvalue weighted by Gasteiger charge is -2.44. The minimum Gasteiger partial charge on any atom is -0.347 e. The normalized spacial score (nSPS) is 54.0. The predicted molar refractivity (Wildman–Crippen MR) is 63.5 cm³/mol. The Balaban J connectivity index is 1.95. The summed E-state index contributed by atoms with van der Waals surface area (Å²) in [7, 11) is 0. The molecule has 2 bridgehead atoms. The van der Waals surface area contributed by atoms with E-state index in [-0.39, 0.29) is 17.3 Å². The lowest BCUT2D eigenvalue weighted by Crippen LogP contribution is -2.48. The zero-order valence-electron chi connectivity index (χ0n) is 10.4. The minimum absolute atomic E-state index is 0.0913. The number of alkyl halides is 1. The molecule has 3 heteroatoms. The summed E-state index contributed by atoms with van der Waals surface area (Å²) in [5, 5.41) is 0. The highest BCUT2D eigenvalue weighted by atomic mass is 35.5. The summed E-state index contributed by atoms with van der Waals surface area (Å²) in [4.78, 5) is 0. The van der Waals surface area contributed by atoms with E-state index in [1.807, 2.05) is 0 Å². The fourth-order valence-corrected chi connectivity index (χ4v) is 4.37. The second kappa shape index (κ2) is 3.15. The summed E-state index contributed by atoms with van der Waals surface area (Å²) in [6, 6.07) is 0. The van der Waals surface area contributed by atoms with Crippen LogP contribution in [0.5, 0.6) is 0 Å². The molecule has 1 aliphatic heterocycles. The van der Waals surface area contributed by atoms with Crippen LogP contribution in [0.15, 0.2) is 0 Å². The SMILES string of the molecule is CC1(C)[C@H]2CC[C@]1(C)[C@@]1(C2)OC[C@H](CCl)O1. The van der Waals surface area contributed by atoms with Crippen LogP contribution in [0.25, 0.3) is 0 Å². The fraction of sp³-hybridized carbons (Fsp3) is 1.00. The maximum Gasteiger partial charge on any atom is 0.175 e. The molecule has 3 rings (SSSR count). The molecule has 2 saturated carbocycles. The summed E-state index contributed by atoms with van der Waals surface area (Å²) in [5.41, 5.74) is 0.486. The highest BCUT2D eigenvalue weighted by Gasteiger charge is 2.72. The number of ether oxygens (including phenoxy) is 2. The largest absolute Gasteiger partial charge is 0.347 e. The quantitative estimate of drug-likeness (QED) is 0.660. The third-order valence-electron chi connectivity index (χ3n) is 5.82. The van der Waals surface area contributed by atoms with Gasteiger partial charge in [-0.3, -0.25) is 0 Å². The van der Waals surface area contributed by atoms with Crippen LogP contribution in [0.2, 0.25) is 0 Å². The molecule has 2 nitrogen and oxygen atoms in total. The monoisotopic (exact) mass is 244 g/mol. The summed E-state index contributed by atoms with van der Waals surface area (Å²) in [6.07, 6.45) is 3.70. The summed E-state index contributed by atoms with van der Waals surface area (Å²) in [6.45, 7) is 7.76. The second-order valence-corrected chi connectivity index (χ2v) is 6.76. The second-order valence-electron chi connectivity index (χ2n) is 6.45. The van der Waals surface area contributed by atoms with E-state index in [1.165, 1.54) is 12.8 Å². The van der Waals surface area contributed by atoms with Crippen molar-refractivity contribution >= 4 is 11.6 Å². The van der Waals surface area contributed by atoms with Gasteiger partial charge in [0.05, 0.1) is 18.6 Å². The molecule has 1 spiro atoms. The molecule has 1 heterocycles. The van der Waals surface area contributed by atoms with E-state index in [0.717, 1.165) is 12.3 Å². The van der Waals surface area contributed by atoms with Crippen molar-refractivity contribution in [1.82, 2.24) is 0 Å². The van der Waals surface area contributed by atoms with Crippen molar-refractivity contribution < 1.29 is 9.47 Å². The first kappa shape index (κ1) is 11.3. The zero-order chi connectivity index (χ0) is 11.6. The van der Waals surface area contributed by atoms with E-state index in [9.17, 15) is 0 Å². The maximum atomic E-state index is 6.18. The average Bonchev–Trinajstić information content (AvgIpc) is 2.79. The fourth-order valence-electron chi connectivity index (χ4n) is 4.22. The van der Waals surface area contributed by atoms with Gasteiger partial charge in [0, 0.05) is 11.8 Å². The Morgan fingerprint density at radius 3 is 2.50 bits per heavy atom. The minimum atomic E-state index is -0.334. The Morgan fingerprint density at radius 1 is 1.31 bits per heavy atom. The van der Waals surface area contributed by atoms with Gasteiger partial charge in [0.2, 0.25) is 0 Å². The van der Waals surface area contributed by atoms with Crippen molar-refractivity contribution in [2.75, 3.05) is 12.5 Å². The smallest absolute Gasteiger partial charge is 0.175 e. The molecule has 0 aromatic rings. The van der Waals surface area contributed by atoms with E-state index in [0.29, 0.717) is 17.9 Å². The molecular formula is C13H21ClO2. The highest BCUT2D eigenvalue weighted by molar-refractivity contribution is 6.18. The van der Waals surface area contributed by atoms with Gasteiger partial charge < -0.3 is 9.47 Å². The Bertz CT molecular complexity index is 317. The molecule has 0 unspecified atom stereocenters. The maximum absolute atomic E-state index is 6.18. The van der Waals surface area contributed by atoms with Gasteiger partial charge in [-0.05, 0) is 24.2 Å². The molecule has 0 aromatic carbocycles. The average molecular weight is 245 g/mol. The van der Waals surface area contributed by atoms with Gasteiger partial charge in [0.1, 0.15) is 0 Å². The highest BCUT2D eigenvalue weighted by Crippen LogP contribution is 2.72. The Morgan fingerprint density at radius 2 is 2.06 bits per heavy atom. The molecular weight excluding hydrogens is 224 g/mol. The van der Waals surface area contributed by atoms with Crippen molar-refractivity contribution in [3.8, 4) is 0 Å². The van der Waals surface area contributed by atoms with E-state index in [1.54, 1.807) is 0 Å². The van der Waals surface area contributed by atoms with Crippen LogP contribution in [0.3, 0.4) is 0 Å². The Kier molecular flexibility index (Phi) is 2.23. The van der Waals surface area contributed by atoms with E-state index in [2.05, 4.69) is 20.8 Å². The third kappa shape index (κ3) is 1.07. The number of hydrogen-bond acceptors (Lipinski definition) is 2. The van der Waals surface area contributed by atoms with Crippen molar-refractivity contribution in [1.29, 1.82) is 0 Å². The standard InChI is InChI=1S/C13H21ClO2/c1-11(2)9-4-5-12(11,3)13(6-9)15-8-10(7-14)16-13/h9-10H,4-8H2,1-3H3/t9-,10-,12-,13-/m0/s1. The number of fused-ring (bicyclic) bond motifs is 3. The summed E-state index contributed by atoms with van der Waals surface area (Å²) >= 11 is 5.88. The number of rotatable bonds is 1. The van der Waals surface area contributed by atoms with Gasteiger partial charge in [0.15, 0.2) is 5.79 Å². The molecule has 0 N–H and O–H groups in total. The number of hydrogen-bond donors (Lipinski definition) is 0. The first-order valence-electron chi connectivity index (χ1n) is 6.33. The lowest BCUT2D eigenvalue weighted by molar-refractivity contribution is -0.243. The van der Waals surface area contributed by atoms with Gasteiger partial charge in [-0.2, -0.15) is 0 Å². The zero-order valence-corrected chi connectivity index (χ0v) is 11.1. The van der Waals surface area contributed by atoms with Gasteiger partial charge in [-0.15, -0.1) is 11.6 Å². The molecule has 0 amide bonds. The molecule has 0 aromatic heterocycles. The Labute approximate surface area is 103 Å². The van der Waals surface area contributed by atoms with Crippen molar-refractivity contribution in [2.45, 2.75) is 51.9 Å². The van der Waals surface area contributed by atoms with Gasteiger partial charge in [0.25, 0.3) is 0 Å². The van der Waals surface area contributed by atoms with Crippen LogP contribution in [-0.2, 0) is 9.47 Å². The van der Waals surface area contributed by atoms with Gasteiger partial charge in [-0.25, -0.2) is 0 Å². The molecule has 92 valence electrons. The molecule has 4 atom stereocenters. The van der Waals surface area contributed by atoms with Crippen molar-refractivity contribution in [2.24, 2.45) is 16.7 Å². The molecule has 1 saturated heterocycles. The lowest BCUT2D eigenvalue weighted by atomic mass is 9.68. The van der Waals surface area contributed by atoms with E-state index in [4.69, 9.17) is 21.1 Å². The first-order chi connectivity index (χ1) is 7.45. The van der Waals surface area contributed by atoms with Crippen LogP contribution in [0.1, 0.15) is 40.0 Å². The van der Waals surface area contributed by atoms with Crippen molar-refractivity contribution in [3.05, 3.63) is 0 Å². The first-order valence-corrected chi connectivity index (χ1v) is 6.86. The van der Waals surface area contributed by atoms with Crippen LogP contribution in [0, 0.1) is 16.7 Å². The van der Waals surface area contributed by atoms with Crippen LogP contribution in [-0.4, -0.2) is 24.4 Å². The van der Waals surface area contributed by atoms with Crippen molar-refractivity contribution in [3.63, 3.8) is 0 Å². The van der Waals surface area contributed by atoms with Gasteiger partial charge in [-0.1, -0.05) is 20.8 Å². The number of halogens is 1. The third-order valence-corrected chi connectivity index (χ3v) is 6.17. The van der Waals surface area contributed by atoms with Gasteiger partial charge >= 0.3 is 0 Å². The van der Waals surface area contributed by atoms with Crippen LogP contribution >= 0.6 is 11.6 Å². The summed E-state index contributed by atoms with van der Waals surface area (Å²) in [5.74, 6) is 0.952. The topological polar surface area (TPSA) is 18.5 Å². The van der Waals surface area contributed by atoms with E-state index < -0.39 is 0 Å². The van der Waals surface area contributed by atoms with Crippen LogP contribution in [0.4, 0.5) is 0 Å². The predicted octanol–water partition coefficient (Wildman–Crippen LogP) is 3.18. The Hall–Kier alpha value is 0.210. The molecule has 0 radical (unpaired) electrons. The molecule has 16 heavy (non-hydrogen) atoms.